The van der Waals surface area contributed by atoms with Gasteiger partial charge in [0.15, 0.2) is 0 Å². The maximum Gasteiger partial charge on any atom is 0.339 e. The van der Waals surface area contributed by atoms with E-state index in [1.54, 1.807) is 0 Å². The van der Waals surface area contributed by atoms with Crippen LogP contribution in [0.2, 0.25) is 0 Å². The van der Waals surface area contributed by atoms with Crippen molar-refractivity contribution < 1.29 is 14.7 Å². The molecule has 0 atom stereocenters. The fraction of sp³-hybridized carbons (Fsp3) is 0.105. The first kappa shape index (κ1) is 15.7. The molecule has 120 valence electrons. The number of carbonyl (C=O) groups is 2. The van der Waals surface area contributed by atoms with Crippen molar-refractivity contribution in [2.75, 3.05) is 5.32 Å². The highest BCUT2D eigenvalue weighted by Crippen LogP contribution is 2.17. The van der Waals surface area contributed by atoms with E-state index in [-0.39, 0.29) is 23.6 Å². The van der Waals surface area contributed by atoms with Crippen LogP contribution in [0.4, 0.5) is 5.69 Å². The van der Waals surface area contributed by atoms with E-state index in [1.165, 1.54) is 18.5 Å². The summed E-state index contributed by atoms with van der Waals surface area (Å²) in [4.78, 5) is 27.0. The summed E-state index contributed by atoms with van der Waals surface area (Å²) in [5, 5.41) is 14.0. The standard InChI is InChI=1S/C19H16N2O3/c22-18(21-17-9-10-20-12-16(17)19(23)24)8-6-13-5-7-14-3-1-2-4-15(14)11-13/h1-5,7,9-12H,6,8H2,(H,23,24)(H,20,21,22). The summed E-state index contributed by atoms with van der Waals surface area (Å²) in [6, 6.07) is 15.6. The molecule has 3 aromatic rings. The van der Waals surface area contributed by atoms with E-state index >= 15 is 0 Å². The number of anilines is 1. The lowest BCUT2D eigenvalue weighted by atomic mass is 10.0. The predicted molar refractivity (Wildman–Crippen MR) is 92.1 cm³/mol. The molecule has 0 fully saturated rings. The maximum absolute atomic E-state index is 12.1. The largest absolute Gasteiger partial charge is 0.478 e. The van der Waals surface area contributed by atoms with Gasteiger partial charge in [0.25, 0.3) is 0 Å². The molecule has 24 heavy (non-hydrogen) atoms. The number of hydrogen-bond donors (Lipinski definition) is 2. The zero-order valence-corrected chi connectivity index (χ0v) is 12.9. The summed E-state index contributed by atoms with van der Waals surface area (Å²) in [5.41, 5.74) is 1.31. The smallest absolute Gasteiger partial charge is 0.339 e. The Morgan fingerprint density at radius 1 is 1.04 bits per heavy atom. The molecule has 3 rings (SSSR count). The van der Waals surface area contributed by atoms with Crippen LogP contribution >= 0.6 is 0 Å². The Labute approximate surface area is 139 Å². The van der Waals surface area contributed by atoms with Crippen LogP contribution in [0.5, 0.6) is 0 Å². The van der Waals surface area contributed by atoms with Crippen molar-refractivity contribution in [3.63, 3.8) is 0 Å². The molecule has 0 radical (unpaired) electrons. The highest BCUT2D eigenvalue weighted by Gasteiger charge is 2.12. The third-order valence-corrected chi connectivity index (χ3v) is 3.78. The van der Waals surface area contributed by atoms with E-state index in [1.807, 2.05) is 36.4 Å². The second kappa shape index (κ2) is 6.91. The summed E-state index contributed by atoms with van der Waals surface area (Å²) in [7, 11) is 0. The second-order valence-electron chi connectivity index (χ2n) is 5.46. The fourth-order valence-corrected chi connectivity index (χ4v) is 2.54. The number of aromatic nitrogens is 1. The van der Waals surface area contributed by atoms with Crippen molar-refractivity contribution in [1.82, 2.24) is 4.98 Å². The van der Waals surface area contributed by atoms with E-state index in [2.05, 4.69) is 16.4 Å². The van der Waals surface area contributed by atoms with Crippen LogP contribution in [-0.2, 0) is 11.2 Å². The van der Waals surface area contributed by atoms with Gasteiger partial charge in [0, 0.05) is 18.8 Å². The average Bonchev–Trinajstić information content (AvgIpc) is 2.60. The van der Waals surface area contributed by atoms with Crippen LogP contribution in [0.25, 0.3) is 10.8 Å². The van der Waals surface area contributed by atoms with Gasteiger partial charge in [-0.2, -0.15) is 0 Å². The molecular weight excluding hydrogens is 304 g/mol. The van der Waals surface area contributed by atoms with Gasteiger partial charge in [-0.05, 0) is 28.8 Å². The number of hydrogen-bond acceptors (Lipinski definition) is 3. The third kappa shape index (κ3) is 3.57. The molecule has 0 spiro atoms. The molecule has 1 aromatic heterocycles. The molecule has 0 unspecified atom stereocenters. The summed E-state index contributed by atoms with van der Waals surface area (Å²) in [6.45, 7) is 0. The normalized spacial score (nSPS) is 10.5. The van der Waals surface area contributed by atoms with E-state index in [0.29, 0.717) is 6.42 Å². The number of benzene rings is 2. The molecule has 0 saturated heterocycles. The monoisotopic (exact) mass is 320 g/mol. The summed E-state index contributed by atoms with van der Waals surface area (Å²) >= 11 is 0. The van der Waals surface area contributed by atoms with Crippen LogP contribution in [-0.4, -0.2) is 22.0 Å². The van der Waals surface area contributed by atoms with Crippen molar-refractivity contribution in [1.29, 1.82) is 0 Å². The van der Waals surface area contributed by atoms with Crippen molar-refractivity contribution in [2.45, 2.75) is 12.8 Å². The molecule has 2 aromatic carbocycles. The number of nitrogens with zero attached hydrogens (tertiary/aromatic N) is 1. The Kier molecular flexibility index (Phi) is 4.52. The van der Waals surface area contributed by atoms with Gasteiger partial charge in [-0.3, -0.25) is 9.78 Å². The summed E-state index contributed by atoms with van der Waals surface area (Å²) < 4.78 is 0. The number of pyridine rings is 1. The Morgan fingerprint density at radius 3 is 2.62 bits per heavy atom. The molecule has 0 aliphatic heterocycles. The first-order valence-corrected chi connectivity index (χ1v) is 7.58. The van der Waals surface area contributed by atoms with Gasteiger partial charge in [-0.15, -0.1) is 0 Å². The maximum atomic E-state index is 12.1. The van der Waals surface area contributed by atoms with Gasteiger partial charge in [0.05, 0.1) is 5.69 Å². The average molecular weight is 320 g/mol. The number of fused-ring (bicyclic) bond motifs is 1. The van der Waals surface area contributed by atoms with Crippen LogP contribution in [0, 0.1) is 0 Å². The number of carboxylic acid groups (broad SMARTS) is 1. The Morgan fingerprint density at radius 2 is 1.83 bits per heavy atom. The van der Waals surface area contributed by atoms with Crippen LogP contribution < -0.4 is 5.32 Å². The van der Waals surface area contributed by atoms with Crippen molar-refractivity contribution in [2.24, 2.45) is 0 Å². The van der Waals surface area contributed by atoms with Crippen LogP contribution in [0.15, 0.2) is 60.9 Å². The minimum absolute atomic E-state index is 0.0171. The number of carboxylic acids is 1. The van der Waals surface area contributed by atoms with Gasteiger partial charge < -0.3 is 10.4 Å². The van der Waals surface area contributed by atoms with Crippen molar-refractivity contribution in [3.05, 3.63) is 72.1 Å². The number of amides is 1. The first-order chi connectivity index (χ1) is 11.6. The third-order valence-electron chi connectivity index (χ3n) is 3.78. The molecule has 5 heteroatoms. The number of rotatable bonds is 5. The number of carbonyl (C=O) groups excluding carboxylic acids is 1. The SMILES string of the molecule is O=C(CCc1ccc2ccccc2c1)Nc1ccncc1C(=O)O. The first-order valence-electron chi connectivity index (χ1n) is 7.58. The molecule has 0 bridgehead atoms. The minimum Gasteiger partial charge on any atom is -0.478 e. The fourth-order valence-electron chi connectivity index (χ4n) is 2.54. The molecule has 2 N–H and O–H groups in total. The molecule has 5 nitrogen and oxygen atoms in total. The quantitative estimate of drug-likeness (QED) is 0.754. The number of aromatic carboxylic acids is 1. The van der Waals surface area contributed by atoms with Gasteiger partial charge in [0.2, 0.25) is 5.91 Å². The molecule has 0 aliphatic rings. The Hall–Kier alpha value is -3.21. The van der Waals surface area contributed by atoms with Gasteiger partial charge in [0.1, 0.15) is 5.56 Å². The predicted octanol–water partition coefficient (Wildman–Crippen LogP) is 3.50. The van der Waals surface area contributed by atoms with E-state index in [9.17, 15) is 9.59 Å². The topological polar surface area (TPSA) is 79.3 Å². The van der Waals surface area contributed by atoms with Crippen LogP contribution in [0.1, 0.15) is 22.3 Å². The van der Waals surface area contributed by atoms with Crippen molar-refractivity contribution in [3.8, 4) is 0 Å². The molecule has 0 saturated carbocycles. The zero-order valence-electron chi connectivity index (χ0n) is 12.9. The molecule has 0 aliphatic carbocycles. The zero-order chi connectivity index (χ0) is 16.9. The highest BCUT2D eigenvalue weighted by molar-refractivity contribution is 6.00. The van der Waals surface area contributed by atoms with Crippen LogP contribution in [0.3, 0.4) is 0 Å². The minimum atomic E-state index is -1.12. The lowest BCUT2D eigenvalue weighted by Crippen LogP contribution is -2.15. The molecular formula is C19H16N2O3. The van der Waals surface area contributed by atoms with E-state index < -0.39 is 5.97 Å². The van der Waals surface area contributed by atoms with E-state index in [0.717, 1.165) is 16.3 Å². The second-order valence-corrected chi connectivity index (χ2v) is 5.46. The summed E-state index contributed by atoms with van der Waals surface area (Å²) in [5.74, 6) is -1.34. The molecule has 1 amide bonds. The molecule has 1 heterocycles. The highest BCUT2D eigenvalue weighted by atomic mass is 16.4. The van der Waals surface area contributed by atoms with Gasteiger partial charge >= 0.3 is 5.97 Å². The van der Waals surface area contributed by atoms with E-state index in [4.69, 9.17) is 5.11 Å². The summed E-state index contributed by atoms with van der Waals surface area (Å²) in [6.07, 6.45) is 3.54. The van der Waals surface area contributed by atoms with Crippen molar-refractivity contribution >= 4 is 28.3 Å². The number of nitrogens with one attached hydrogen (secondary N) is 1. The van der Waals surface area contributed by atoms with Gasteiger partial charge in [-0.1, -0.05) is 42.5 Å². The number of aryl methyl sites for hydroxylation is 1. The lowest BCUT2D eigenvalue weighted by molar-refractivity contribution is -0.116. The Balaban J connectivity index is 1.66. The van der Waals surface area contributed by atoms with Gasteiger partial charge in [-0.25, -0.2) is 4.79 Å². The Bertz CT molecular complexity index is 906. The lowest BCUT2D eigenvalue weighted by Gasteiger charge is -2.08.